The smallest absolute Gasteiger partial charge is 0.296 e. The Morgan fingerprint density at radius 1 is 0.829 bits per heavy atom. The summed E-state index contributed by atoms with van der Waals surface area (Å²) >= 11 is 0. The summed E-state index contributed by atoms with van der Waals surface area (Å²) in [6.45, 7) is 0.547. The van der Waals surface area contributed by atoms with Crippen LogP contribution in [0, 0.1) is 0 Å². The van der Waals surface area contributed by atoms with Crippen molar-refractivity contribution in [2.75, 3.05) is 33.8 Å². The number of nitrogens with one attached hydrogen (secondary N) is 1. The molecule has 0 aliphatic rings. The van der Waals surface area contributed by atoms with Gasteiger partial charge in [-0.2, -0.15) is 0 Å². The molecule has 4 aromatic rings. The predicted octanol–water partition coefficient (Wildman–Crippen LogP) is 4.55. The lowest BCUT2D eigenvalue weighted by Crippen LogP contribution is -2.22. The van der Waals surface area contributed by atoms with Crippen LogP contribution in [-0.2, 0) is 11.3 Å². The van der Waals surface area contributed by atoms with Crippen molar-refractivity contribution >= 4 is 28.3 Å². The first-order valence-electron chi connectivity index (χ1n) is 10.9. The molecule has 8 heteroatoms. The average Bonchev–Trinajstić information content (AvgIpc) is 3.25. The summed E-state index contributed by atoms with van der Waals surface area (Å²) in [4.78, 5) is 26.3. The number of hydrogen-bond donors (Lipinski definition) is 1. The summed E-state index contributed by atoms with van der Waals surface area (Å²) in [7, 11) is 5.99. The molecule has 0 radical (unpaired) electrons. The van der Waals surface area contributed by atoms with Crippen molar-refractivity contribution in [3.05, 3.63) is 78.0 Å². The van der Waals surface area contributed by atoms with Gasteiger partial charge in [0.2, 0.25) is 5.75 Å². The first-order valence-corrected chi connectivity index (χ1v) is 10.9. The summed E-state index contributed by atoms with van der Waals surface area (Å²) in [6.07, 6.45) is 1.70. The lowest BCUT2D eigenvalue weighted by Gasteiger charge is -2.14. The van der Waals surface area contributed by atoms with Gasteiger partial charge in [-0.15, -0.1) is 0 Å². The first-order chi connectivity index (χ1) is 17.0. The molecule has 0 aliphatic carbocycles. The van der Waals surface area contributed by atoms with Crippen LogP contribution in [0.25, 0.3) is 10.9 Å². The number of ether oxygens (including phenoxy) is 4. The average molecular weight is 475 g/mol. The monoisotopic (exact) mass is 474 g/mol. The minimum Gasteiger partial charge on any atom is -0.497 e. The van der Waals surface area contributed by atoms with Crippen LogP contribution in [0.5, 0.6) is 23.0 Å². The number of nitrogens with zero attached hydrogens (tertiary/aromatic N) is 1. The Hall–Kier alpha value is -4.46. The molecule has 0 saturated heterocycles. The number of rotatable bonds is 9. The molecule has 180 valence electrons. The Morgan fingerprint density at radius 3 is 2.11 bits per heavy atom. The van der Waals surface area contributed by atoms with Crippen molar-refractivity contribution in [1.29, 1.82) is 0 Å². The van der Waals surface area contributed by atoms with E-state index in [1.807, 2.05) is 47.0 Å². The zero-order valence-corrected chi connectivity index (χ0v) is 20.0. The number of Topliss-reactive ketones (excluding diaryl/α,β-unsaturated/α-hetero) is 1. The van der Waals surface area contributed by atoms with E-state index in [9.17, 15) is 9.59 Å². The SMILES string of the molecule is COc1ccc2c(c1)c(C(=O)C(=O)Nc1cc(OC)c(OC)c(OC)c1)cn2Cc1ccccc1. The van der Waals surface area contributed by atoms with Gasteiger partial charge in [0.05, 0.1) is 34.0 Å². The number of aromatic nitrogens is 1. The lowest BCUT2D eigenvalue weighted by molar-refractivity contribution is -0.112. The fourth-order valence-electron chi connectivity index (χ4n) is 3.96. The van der Waals surface area contributed by atoms with Crippen LogP contribution >= 0.6 is 0 Å². The van der Waals surface area contributed by atoms with Crippen molar-refractivity contribution in [2.24, 2.45) is 0 Å². The molecule has 1 N–H and O–H groups in total. The van der Waals surface area contributed by atoms with Crippen LogP contribution in [0.3, 0.4) is 0 Å². The van der Waals surface area contributed by atoms with Gasteiger partial charge in [-0.1, -0.05) is 30.3 Å². The quantitative estimate of drug-likeness (QED) is 0.283. The van der Waals surface area contributed by atoms with Gasteiger partial charge in [0.1, 0.15) is 5.75 Å². The van der Waals surface area contributed by atoms with Gasteiger partial charge >= 0.3 is 0 Å². The Bertz CT molecular complexity index is 1350. The van der Waals surface area contributed by atoms with Gasteiger partial charge in [-0.25, -0.2) is 0 Å². The number of methoxy groups -OCH3 is 4. The highest BCUT2D eigenvalue weighted by Crippen LogP contribution is 2.40. The van der Waals surface area contributed by atoms with Gasteiger partial charge in [0.25, 0.3) is 11.7 Å². The molecule has 0 bridgehead atoms. The third-order valence-electron chi connectivity index (χ3n) is 5.66. The molecule has 4 rings (SSSR count). The van der Waals surface area contributed by atoms with Crippen LogP contribution in [0.2, 0.25) is 0 Å². The Kier molecular flexibility index (Phi) is 6.91. The van der Waals surface area contributed by atoms with E-state index in [2.05, 4.69) is 5.32 Å². The van der Waals surface area contributed by atoms with Crippen LogP contribution < -0.4 is 24.3 Å². The van der Waals surface area contributed by atoms with E-state index >= 15 is 0 Å². The summed E-state index contributed by atoms with van der Waals surface area (Å²) in [6, 6.07) is 18.5. The third kappa shape index (κ3) is 4.77. The number of ketones is 1. The number of carbonyl (C=O) groups excluding carboxylic acids is 2. The maximum Gasteiger partial charge on any atom is 0.296 e. The van der Waals surface area contributed by atoms with Gasteiger partial charge < -0.3 is 28.8 Å². The van der Waals surface area contributed by atoms with Crippen molar-refractivity contribution < 1.29 is 28.5 Å². The topological polar surface area (TPSA) is 88.0 Å². The summed E-state index contributed by atoms with van der Waals surface area (Å²) in [5, 5.41) is 3.28. The molecule has 3 aromatic carbocycles. The highest BCUT2D eigenvalue weighted by atomic mass is 16.5. The summed E-state index contributed by atoms with van der Waals surface area (Å²) < 4.78 is 23.3. The number of hydrogen-bond acceptors (Lipinski definition) is 6. The van der Waals surface area contributed by atoms with E-state index in [1.165, 1.54) is 21.3 Å². The Morgan fingerprint density at radius 2 is 1.51 bits per heavy atom. The summed E-state index contributed by atoms with van der Waals surface area (Å²) in [5.74, 6) is 0.228. The largest absolute Gasteiger partial charge is 0.497 e. The van der Waals surface area contributed by atoms with Crippen molar-refractivity contribution in [3.63, 3.8) is 0 Å². The molecule has 35 heavy (non-hydrogen) atoms. The molecule has 1 heterocycles. The van der Waals surface area contributed by atoms with Gasteiger partial charge in [-0.3, -0.25) is 9.59 Å². The van der Waals surface area contributed by atoms with Crippen LogP contribution in [0.1, 0.15) is 15.9 Å². The molecule has 1 aromatic heterocycles. The number of benzene rings is 3. The van der Waals surface area contributed by atoms with Crippen LogP contribution in [0.4, 0.5) is 5.69 Å². The second-order valence-electron chi connectivity index (χ2n) is 7.74. The molecule has 0 atom stereocenters. The highest BCUT2D eigenvalue weighted by molar-refractivity contribution is 6.48. The van der Waals surface area contributed by atoms with Crippen molar-refractivity contribution in [3.8, 4) is 23.0 Å². The number of amides is 1. The molecule has 8 nitrogen and oxygen atoms in total. The second-order valence-corrected chi connectivity index (χ2v) is 7.74. The molecule has 0 unspecified atom stereocenters. The standard InChI is InChI=1S/C27H26N2O6/c1-32-19-10-11-22-20(14-19)21(16-29(22)15-17-8-6-5-7-9-17)25(30)27(31)28-18-12-23(33-2)26(35-4)24(13-18)34-3/h5-14,16H,15H2,1-4H3,(H,28,31). The maximum atomic E-state index is 13.3. The number of anilines is 1. The van der Waals surface area contributed by atoms with E-state index in [0.717, 1.165) is 11.1 Å². The van der Waals surface area contributed by atoms with E-state index in [1.54, 1.807) is 31.5 Å². The van der Waals surface area contributed by atoms with Crippen LogP contribution in [0.15, 0.2) is 66.9 Å². The molecule has 1 amide bonds. The zero-order valence-electron chi connectivity index (χ0n) is 20.0. The predicted molar refractivity (Wildman–Crippen MR) is 133 cm³/mol. The molecule has 0 fully saturated rings. The molecule has 0 aliphatic heterocycles. The van der Waals surface area contributed by atoms with E-state index in [4.69, 9.17) is 18.9 Å². The summed E-state index contributed by atoms with van der Waals surface area (Å²) in [5.41, 5.74) is 2.50. The fraction of sp³-hybridized carbons (Fsp3) is 0.185. The van der Waals surface area contributed by atoms with E-state index in [-0.39, 0.29) is 5.56 Å². The maximum absolute atomic E-state index is 13.3. The third-order valence-corrected chi connectivity index (χ3v) is 5.66. The Labute approximate surface area is 203 Å². The number of carbonyl (C=O) groups is 2. The van der Waals surface area contributed by atoms with Crippen molar-refractivity contribution in [1.82, 2.24) is 4.57 Å². The second kappa shape index (κ2) is 10.2. The minimum atomic E-state index is -0.791. The van der Waals surface area contributed by atoms with Gasteiger partial charge in [0, 0.05) is 41.5 Å². The first kappa shape index (κ1) is 23.7. The van der Waals surface area contributed by atoms with Gasteiger partial charge in [-0.05, 0) is 23.8 Å². The van der Waals surface area contributed by atoms with Crippen LogP contribution in [-0.4, -0.2) is 44.7 Å². The minimum absolute atomic E-state index is 0.278. The van der Waals surface area contributed by atoms with E-state index in [0.29, 0.717) is 40.6 Å². The fourth-order valence-corrected chi connectivity index (χ4v) is 3.96. The molecule has 0 spiro atoms. The zero-order chi connectivity index (χ0) is 24.9. The van der Waals surface area contributed by atoms with E-state index < -0.39 is 11.7 Å². The molecular formula is C27H26N2O6. The molecule has 0 saturated carbocycles. The normalized spacial score (nSPS) is 10.6. The number of fused-ring (bicyclic) bond motifs is 1. The lowest BCUT2D eigenvalue weighted by atomic mass is 10.1. The highest BCUT2D eigenvalue weighted by Gasteiger charge is 2.23. The van der Waals surface area contributed by atoms with Gasteiger partial charge in [0.15, 0.2) is 11.5 Å². The van der Waals surface area contributed by atoms with Crippen molar-refractivity contribution in [2.45, 2.75) is 6.54 Å². The Balaban J connectivity index is 1.69. The molecular weight excluding hydrogens is 448 g/mol.